The minimum absolute atomic E-state index is 0.00219. The van der Waals surface area contributed by atoms with Crippen LogP contribution < -0.4 is 5.32 Å². The molecule has 1 N–H and O–H groups in total. The highest BCUT2D eigenvalue weighted by Crippen LogP contribution is 2.28. The Morgan fingerprint density at radius 1 is 0.917 bits per heavy atom. The zero-order chi connectivity index (χ0) is 25.3. The SMILES string of the molecule is CCCN(CC(=O)Nc1ccccc1C)C(=O)CSc1nnc(-c2ccccc2)n1-c1ccccc1. The van der Waals surface area contributed by atoms with Crippen molar-refractivity contribution < 1.29 is 9.59 Å². The normalized spacial score (nSPS) is 10.7. The van der Waals surface area contributed by atoms with Gasteiger partial charge in [0.1, 0.15) is 0 Å². The fourth-order valence-corrected chi connectivity index (χ4v) is 4.66. The summed E-state index contributed by atoms with van der Waals surface area (Å²) in [6.07, 6.45) is 0.756. The van der Waals surface area contributed by atoms with Crippen LogP contribution >= 0.6 is 11.8 Å². The molecule has 0 aliphatic heterocycles. The summed E-state index contributed by atoms with van der Waals surface area (Å²) in [5.74, 6) is 0.526. The van der Waals surface area contributed by atoms with Crippen molar-refractivity contribution in [2.45, 2.75) is 25.4 Å². The molecular formula is C28H29N5O2S. The Bertz CT molecular complexity index is 1310. The molecule has 4 aromatic rings. The van der Waals surface area contributed by atoms with Gasteiger partial charge in [-0.15, -0.1) is 10.2 Å². The zero-order valence-corrected chi connectivity index (χ0v) is 21.2. The van der Waals surface area contributed by atoms with Crippen LogP contribution in [0.1, 0.15) is 18.9 Å². The molecule has 36 heavy (non-hydrogen) atoms. The first-order valence-corrected chi connectivity index (χ1v) is 12.9. The summed E-state index contributed by atoms with van der Waals surface area (Å²) in [6.45, 7) is 4.43. The summed E-state index contributed by atoms with van der Waals surface area (Å²) in [4.78, 5) is 27.4. The van der Waals surface area contributed by atoms with E-state index >= 15 is 0 Å². The predicted molar refractivity (Wildman–Crippen MR) is 144 cm³/mol. The first kappa shape index (κ1) is 25.2. The van der Waals surface area contributed by atoms with E-state index in [1.54, 1.807) is 4.90 Å². The molecule has 7 nitrogen and oxygen atoms in total. The lowest BCUT2D eigenvalue weighted by Crippen LogP contribution is -2.39. The molecule has 8 heteroatoms. The van der Waals surface area contributed by atoms with E-state index in [9.17, 15) is 9.59 Å². The number of benzene rings is 3. The van der Waals surface area contributed by atoms with Gasteiger partial charge in [0.05, 0.1) is 12.3 Å². The summed E-state index contributed by atoms with van der Waals surface area (Å²) >= 11 is 1.32. The predicted octanol–water partition coefficient (Wildman–Crippen LogP) is 5.21. The third-order valence-electron chi connectivity index (χ3n) is 5.60. The number of nitrogens with zero attached hydrogens (tertiary/aromatic N) is 4. The average Bonchev–Trinajstić information content (AvgIpc) is 3.33. The molecule has 184 valence electrons. The van der Waals surface area contributed by atoms with Crippen molar-refractivity contribution in [3.63, 3.8) is 0 Å². The molecule has 0 atom stereocenters. The van der Waals surface area contributed by atoms with Crippen molar-refractivity contribution in [2.24, 2.45) is 0 Å². The van der Waals surface area contributed by atoms with Gasteiger partial charge >= 0.3 is 0 Å². The second kappa shape index (κ2) is 12.2. The number of hydrogen-bond donors (Lipinski definition) is 1. The monoisotopic (exact) mass is 499 g/mol. The Hall–Kier alpha value is -3.91. The number of carbonyl (C=O) groups is 2. The molecule has 0 spiro atoms. The fraction of sp³-hybridized carbons (Fsp3) is 0.214. The van der Waals surface area contributed by atoms with Crippen molar-refractivity contribution in [3.05, 3.63) is 90.5 Å². The molecule has 0 radical (unpaired) electrons. The van der Waals surface area contributed by atoms with E-state index in [2.05, 4.69) is 15.5 Å². The Morgan fingerprint density at radius 3 is 2.28 bits per heavy atom. The van der Waals surface area contributed by atoms with Crippen molar-refractivity contribution in [1.29, 1.82) is 0 Å². The van der Waals surface area contributed by atoms with Gasteiger partial charge in [0.15, 0.2) is 11.0 Å². The molecule has 2 amide bonds. The van der Waals surface area contributed by atoms with Gasteiger partial charge in [-0.25, -0.2) is 0 Å². The molecular weight excluding hydrogens is 470 g/mol. The zero-order valence-electron chi connectivity index (χ0n) is 20.4. The van der Waals surface area contributed by atoms with Gasteiger partial charge in [0.2, 0.25) is 11.8 Å². The summed E-state index contributed by atoms with van der Waals surface area (Å²) < 4.78 is 1.96. The maximum Gasteiger partial charge on any atom is 0.244 e. The van der Waals surface area contributed by atoms with Gasteiger partial charge in [-0.2, -0.15) is 0 Å². The first-order valence-electron chi connectivity index (χ1n) is 11.9. The van der Waals surface area contributed by atoms with Crippen LogP contribution in [0, 0.1) is 6.92 Å². The minimum Gasteiger partial charge on any atom is -0.333 e. The fourth-order valence-electron chi connectivity index (χ4n) is 3.80. The second-order valence-corrected chi connectivity index (χ2v) is 9.25. The number of amides is 2. The standard InChI is InChI=1S/C28H29N5O2S/c1-3-18-32(19-25(34)29-24-17-11-10-12-21(24)2)26(35)20-36-28-31-30-27(22-13-6-4-7-14-22)33(28)23-15-8-5-9-16-23/h4-17H,3,18-20H2,1-2H3,(H,29,34). The lowest BCUT2D eigenvalue weighted by Gasteiger charge is -2.21. The molecule has 0 saturated carbocycles. The van der Waals surface area contributed by atoms with E-state index < -0.39 is 0 Å². The number of nitrogens with one attached hydrogen (secondary N) is 1. The first-order chi connectivity index (χ1) is 17.6. The molecule has 0 fully saturated rings. The second-order valence-electron chi connectivity index (χ2n) is 8.31. The number of hydrogen-bond acceptors (Lipinski definition) is 5. The summed E-state index contributed by atoms with van der Waals surface area (Å²) in [6, 6.07) is 27.3. The van der Waals surface area contributed by atoms with E-state index in [0.717, 1.165) is 28.9 Å². The molecule has 4 rings (SSSR count). The van der Waals surface area contributed by atoms with Gasteiger partial charge in [-0.1, -0.05) is 85.4 Å². The highest BCUT2D eigenvalue weighted by molar-refractivity contribution is 7.99. The lowest BCUT2D eigenvalue weighted by atomic mass is 10.2. The Labute approximate surface area is 215 Å². The van der Waals surface area contributed by atoms with Crippen molar-refractivity contribution in [2.75, 3.05) is 24.2 Å². The van der Waals surface area contributed by atoms with Crippen LogP contribution in [-0.2, 0) is 9.59 Å². The number of anilines is 1. The van der Waals surface area contributed by atoms with Crippen LogP contribution in [0.5, 0.6) is 0 Å². The van der Waals surface area contributed by atoms with Gasteiger partial charge in [0, 0.05) is 23.5 Å². The molecule has 3 aromatic carbocycles. The van der Waals surface area contributed by atoms with Crippen LogP contribution in [0.25, 0.3) is 17.1 Å². The Morgan fingerprint density at radius 2 is 1.58 bits per heavy atom. The third kappa shape index (κ3) is 6.20. The number of rotatable bonds is 10. The number of carbonyl (C=O) groups excluding carboxylic acids is 2. The summed E-state index contributed by atoms with van der Waals surface area (Å²) in [7, 11) is 0. The van der Waals surface area contributed by atoms with Crippen LogP contribution in [0.15, 0.2) is 90.1 Å². The van der Waals surface area contributed by atoms with Crippen LogP contribution in [-0.4, -0.2) is 50.3 Å². The molecule has 0 bridgehead atoms. The van der Waals surface area contributed by atoms with Crippen molar-refractivity contribution in [3.8, 4) is 17.1 Å². The number of thioether (sulfide) groups is 1. The van der Waals surface area contributed by atoms with Crippen molar-refractivity contribution in [1.82, 2.24) is 19.7 Å². The van der Waals surface area contributed by atoms with Crippen LogP contribution in [0.3, 0.4) is 0 Å². The van der Waals surface area contributed by atoms with Crippen LogP contribution in [0.2, 0.25) is 0 Å². The Balaban J connectivity index is 1.49. The van der Waals surface area contributed by atoms with Gasteiger partial charge in [-0.3, -0.25) is 14.2 Å². The molecule has 1 heterocycles. The number of para-hydroxylation sites is 2. The molecule has 0 aliphatic rings. The molecule has 0 aliphatic carbocycles. The maximum atomic E-state index is 13.2. The topological polar surface area (TPSA) is 80.1 Å². The quantitative estimate of drug-likeness (QED) is 0.303. The molecule has 0 saturated heterocycles. The number of aromatic nitrogens is 3. The van der Waals surface area contributed by atoms with Gasteiger partial charge in [-0.05, 0) is 37.1 Å². The van der Waals surface area contributed by atoms with E-state index in [4.69, 9.17) is 0 Å². The molecule has 1 aromatic heterocycles. The summed E-state index contributed by atoms with van der Waals surface area (Å²) in [5.41, 5.74) is 3.58. The van der Waals surface area contributed by atoms with E-state index in [0.29, 0.717) is 17.5 Å². The lowest BCUT2D eigenvalue weighted by molar-refractivity contribution is -0.132. The maximum absolute atomic E-state index is 13.2. The van der Waals surface area contributed by atoms with Crippen molar-refractivity contribution >= 4 is 29.3 Å². The summed E-state index contributed by atoms with van der Waals surface area (Å²) in [5, 5.41) is 12.4. The van der Waals surface area contributed by atoms with Crippen LogP contribution in [0.4, 0.5) is 5.69 Å². The van der Waals surface area contributed by atoms with Gasteiger partial charge in [0.25, 0.3) is 0 Å². The van der Waals surface area contributed by atoms with E-state index in [1.807, 2.05) is 103 Å². The highest BCUT2D eigenvalue weighted by Gasteiger charge is 2.21. The average molecular weight is 500 g/mol. The number of aryl methyl sites for hydroxylation is 1. The third-order valence-corrected chi connectivity index (χ3v) is 6.52. The minimum atomic E-state index is -0.213. The smallest absolute Gasteiger partial charge is 0.244 e. The largest absolute Gasteiger partial charge is 0.333 e. The molecule has 0 unspecified atom stereocenters. The highest BCUT2D eigenvalue weighted by atomic mass is 32.2. The van der Waals surface area contributed by atoms with E-state index in [-0.39, 0.29) is 24.1 Å². The Kier molecular flexibility index (Phi) is 8.52. The van der Waals surface area contributed by atoms with Gasteiger partial charge < -0.3 is 10.2 Å². The van der Waals surface area contributed by atoms with E-state index in [1.165, 1.54) is 11.8 Å².